The summed E-state index contributed by atoms with van der Waals surface area (Å²) in [5.74, 6) is -0.194. The number of benzene rings is 1. The Labute approximate surface area is 150 Å². The minimum Gasteiger partial charge on any atom is -0.347 e. The quantitative estimate of drug-likeness (QED) is 0.624. The number of anilines is 1. The van der Waals surface area contributed by atoms with E-state index >= 15 is 0 Å². The van der Waals surface area contributed by atoms with Crippen molar-refractivity contribution in [2.75, 3.05) is 50.7 Å². The van der Waals surface area contributed by atoms with Gasteiger partial charge in [0.1, 0.15) is 11.6 Å². The van der Waals surface area contributed by atoms with Gasteiger partial charge < -0.3 is 15.5 Å². The highest BCUT2D eigenvalue weighted by molar-refractivity contribution is 5.97. The highest BCUT2D eigenvalue weighted by Gasteiger charge is 2.23. The van der Waals surface area contributed by atoms with Crippen molar-refractivity contribution in [3.05, 3.63) is 41.6 Å². The van der Waals surface area contributed by atoms with Crippen LogP contribution in [0.4, 0.5) is 5.69 Å². The predicted octanol–water partition coefficient (Wildman–Crippen LogP) is 1.33. The molecule has 0 spiro atoms. The molecule has 6 nitrogen and oxygen atoms in total. The fourth-order valence-corrected chi connectivity index (χ4v) is 2.97. The maximum atomic E-state index is 12.7. The van der Waals surface area contributed by atoms with Gasteiger partial charge in [-0.2, -0.15) is 5.26 Å². The van der Waals surface area contributed by atoms with Gasteiger partial charge >= 0.3 is 0 Å². The molecule has 6 heteroatoms. The number of hydrogen-bond acceptors (Lipinski definition) is 5. The average Bonchev–Trinajstić information content (AvgIpc) is 2.63. The molecule has 1 aliphatic heterocycles. The Morgan fingerprint density at radius 1 is 1.36 bits per heavy atom. The van der Waals surface area contributed by atoms with E-state index in [-0.39, 0.29) is 11.5 Å². The molecule has 2 rings (SSSR count). The van der Waals surface area contributed by atoms with Crippen LogP contribution in [0, 0.1) is 18.3 Å². The molecule has 0 aromatic heterocycles. The van der Waals surface area contributed by atoms with Gasteiger partial charge in [-0.3, -0.25) is 9.69 Å². The maximum absolute atomic E-state index is 12.7. The number of amides is 1. The van der Waals surface area contributed by atoms with E-state index in [1.807, 2.05) is 43.0 Å². The Bertz CT molecular complexity index is 656. The highest BCUT2D eigenvalue weighted by Crippen LogP contribution is 2.18. The molecule has 0 bridgehead atoms. The second kappa shape index (κ2) is 9.21. The number of aryl methyl sites for hydroxylation is 1. The lowest BCUT2D eigenvalue weighted by Crippen LogP contribution is -2.50. The summed E-state index contributed by atoms with van der Waals surface area (Å²) < 4.78 is 0. The van der Waals surface area contributed by atoms with Crippen LogP contribution in [-0.2, 0) is 4.79 Å². The van der Waals surface area contributed by atoms with Crippen molar-refractivity contribution in [3.8, 4) is 6.07 Å². The molecular weight excluding hydrogens is 314 g/mol. The summed E-state index contributed by atoms with van der Waals surface area (Å²) in [6, 6.07) is 10.1. The zero-order valence-electron chi connectivity index (χ0n) is 15.1. The van der Waals surface area contributed by atoms with Crippen LogP contribution in [0.3, 0.4) is 0 Å². The SMILES string of the molecule is CCN(/C=C(/C#N)C(=O)N1CCN(CCN)CC1)c1cccc(C)c1. The van der Waals surface area contributed by atoms with E-state index in [2.05, 4.69) is 11.0 Å². The molecule has 1 aromatic rings. The highest BCUT2D eigenvalue weighted by atomic mass is 16.2. The van der Waals surface area contributed by atoms with Crippen molar-refractivity contribution in [2.24, 2.45) is 5.73 Å². The topological polar surface area (TPSA) is 76.6 Å². The number of nitrogens with two attached hydrogens (primary N) is 1. The minimum absolute atomic E-state index is 0.177. The largest absolute Gasteiger partial charge is 0.347 e. The van der Waals surface area contributed by atoms with Crippen LogP contribution < -0.4 is 10.6 Å². The number of rotatable bonds is 6. The van der Waals surface area contributed by atoms with Crippen LogP contribution in [0.15, 0.2) is 36.0 Å². The number of carbonyl (C=O) groups excluding carboxylic acids is 1. The summed E-state index contributed by atoms with van der Waals surface area (Å²) in [5.41, 5.74) is 7.88. The third-order valence-corrected chi connectivity index (χ3v) is 4.41. The predicted molar refractivity (Wildman–Crippen MR) is 100.0 cm³/mol. The molecule has 2 N–H and O–H groups in total. The fourth-order valence-electron chi connectivity index (χ4n) is 2.97. The first-order chi connectivity index (χ1) is 12.1. The van der Waals surface area contributed by atoms with E-state index in [1.165, 1.54) is 0 Å². The third-order valence-electron chi connectivity index (χ3n) is 4.41. The lowest BCUT2D eigenvalue weighted by molar-refractivity contribution is -0.128. The van der Waals surface area contributed by atoms with Gasteiger partial charge in [0.05, 0.1) is 0 Å². The molecular formula is C19H27N5O. The minimum atomic E-state index is -0.194. The van der Waals surface area contributed by atoms with E-state index in [0.717, 1.165) is 30.9 Å². The van der Waals surface area contributed by atoms with Crippen molar-refractivity contribution in [2.45, 2.75) is 13.8 Å². The van der Waals surface area contributed by atoms with Crippen molar-refractivity contribution in [1.82, 2.24) is 9.80 Å². The molecule has 0 saturated carbocycles. The van der Waals surface area contributed by atoms with Gasteiger partial charge in [0.2, 0.25) is 0 Å². The molecule has 1 aromatic carbocycles. The summed E-state index contributed by atoms with van der Waals surface area (Å²) >= 11 is 0. The fraction of sp³-hybridized carbons (Fsp3) is 0.474. The summed E-state index contributed by atoms with van der Waals surface area (Å²) in [5, 5.41) is 9.49. The Balaban J connectivity index is 2.11. The summed E-state index contributed by atoms with van der Waals surface area (Å²) in [4.78, 5) is 18.6. The van der Waals surface area contributed by atoms with Crippen molar-refractivity contribution in [1.29, 1.82) is 5.26 Å². The maximum Gasteiger partial charge on any atom is 0.266 e. The molecule has 1 aliphatic rings. The number of nitriles is 1. The van der Waals surface area contributed by atoms with E-state index in [4.69, 9.17) is 5.73 Å². The molecule has 1 amide bonds. The molecule has 1 fully saturated rings. The zero-order chi connectivity index (χ0) is 18.2. The van der Waals surface area contributed by atoms with Gasteiger partial charge in [-0.1, -0.05) is 12.1 Å². The van der Waals surface area contributed by atoms with Gasteiger partial charge in [0.25, 0.3) is 5.91 Å². The molecule has 0 aliphatic carbocycles. The summed E-state index contributed by atoms with van der Waals surface area (Å²) in [7, 11) is 0. The van der Waals surface area contributed by atoms with Gasteiger partial charge in [0, 0.05) is 57.7 Å². The first-order valence-corrected chi connectivity index (χ1v) is 8.76. The molecule has 25 heavy (non-hydrogen) atoms. The lowest BCUT2D eigenvalue weighted by atomic mass is 10.2. The first kappa shape index (κ1) is 19.0. The standard InChI is InChI=1S/C19H27N5O/c1-3-23(18-6-4-5-16(2)13-18)15-17(14-21)19(25)24-11-9-22(8-7-20)10-12-24/h4-6,13,15H,3,7-12,20H2,1-2H3/b17-15-. The summed E-state index contributed by atoms with van der Waals surface area (Å²) in [6.45, 7) is 9.06. The van der Waals surface area contributed by atoms with E-state index in [1.54, 1.807) is 11.1 Å². The van der Waals surface area contributed by atoms with E-state index < -0.39 is 0 Å². The van der Waals surface area contributed by atoms with Crippen LogP contribution in [0.2, 0.25) is 0 Å². The van der Waals surface area contributed by atoms with Crippen molar-refractivity contribution >= 4 is 11.6 Å². The molecule has 0 radical (unpaired) electrons. The number of piperazine rings is 1. The second-order valence-corrected chi connectivity index (χ2v) is 6.20. The second-order valence-electron chi connectivity index (χ2n) is 6.20. The van der Waals surface area contributed by atoms with Crippen LogP contribution in [0.25, 0.3) is 0 Å². The molecule has 134 valence electrons. The van der Waals surface area contributed by atoms with Crippen molar-refractivity contribution in [3.63, 3.8) is 0 Å². The van der Waals surface area contributed by atoms with Gasteiger partial charge in [-0.15, -0.1) is 0 Å². The van der Waals surface area contributed by atoms with Crippen LogP contribution >= 0.6 is 0 Å². The lowest BCUT2D eigenvalue weighted by Gasteiger charge is -2.34. The summed E-state index contributed by atoms with van der Waals surface area (Å²) in [6.07, 6.45) is 1.67. The smallest absolute Gasteiger partial charge is 0.266 e. The number of hydrogen-bond donors (Lipinski definition) is 1. The first-order valence-electron chi connectivity index (χ1n) is 8.76. The van der Waals surface area contributed by atoms with Crippen LogP contribution in [0.1, 0.15) is 12.5 Å². The van der Waals surface area contributed by atoms with E-state index in [9.17, 15) is 10.1 Å². The third kappa shape index (κ3) is 5.05. The van der Waals surface area contributed by atoms with Gasteiger partial charge in [0.15, 0.2) is 0 Å². The Morgan fingerprint density at radius 3 is 2.64 bits per heavy atom. The molecule has 0 unspecified atom stereocenters. The molecule has 0 atom stereocenters. The monoisotopic (exact) mass is 341 g/mol. The van der Waals surface area contributed by atoms with Crippen LogP contribution in [0.5, 0.6) is 0 Å². The molecule has 1 heterocycles. The normalized spacial score (nSPS) is 15.8. The Kier molecular flexibility index (Phi) is 6.99. The van der Waals surface area contributed by atoms with E-state index in [0.29, 0.717) is 26.2 Å². The number of nitrogens with zero attached hydrogens (tertiary/aromatic N) is 4. The average molecular weight is 341 g/mol. The zero-order valence-corrected chi connectivity index (χ0v) is 15.1. The van der Waals surface area contributed by atoms with Crippen LogP contribution in [-0.4, -0.2) is 61.5 Å². The van der Waals surface area contributed by atoms with Gasteiger partial charge in [-0.25, -0.2) is 0 Å². The Morgan fingerprint density at radius 2 is 2.08 bits per heavy atom. The number of carbonyl (C=O) groups is 1. The van der Waals surface area contributed by atoms with Crippen molar-refractivity contribution < 1.29 is 4.79 Å². The molecule has 1 saturated heterocycles. The van der Waals surface area contributed by atoms with Gasteiger partial charge in [-0.05, 0) is 31.5 Å². The Hall–Kier alpha value is -2.36.